The molecule has 2 rings (SSSR count). The van der Waals surface area contributed by atoms with Gasteiger partial charge in [0, 0.05) is 5.69 Å². The smallest absolute Gasteiger partial charge is 0.196 e. The second-order valence-electron chi connectivity index (χ2n) is 5.80. The minimum absolute atomic E-state index is 0.0348. The molecular formula is C16H25N3. The number of rotatable bonds is 5. The van der Waals surface area contributed by atoms with Crippen LogP contribution in [0.2, 0.25) is 0 Å². The van der Waals surface area contributed by atoms with Crippen LogP contribution >= 0.6 is 0 Å². The van der Waals surface area contributed by atoms with Gasteiger partial charge in [-0.2, -0.15) is 0 Å². The Bertz CT molecular complexity index is 467. The fourth-order valence-corrected chi connectivity index (χ4v) is 2.83. The van der Waals surface area contributed by atoms with Crippen molar-refractivity contribution in [1.82, 2.24) is 0 Å². The Morgan fingerprint density at radius 3 is 2.84 bits per heavy atom. The highest BCUT2D eigenvalue weighted by Gasteiger charge is 2.38. The number of nitrogens with two attached hydrogens (primary N) is 1. The summed E-state index contributed by atoms with van der Waals surface area (Å²) >= 11 is 0. The van der Waals surface area contributed by atoms with Crippen LogP contribution in [0.1, 0.15) is 45.1 Å². The summed E-state index contributed by atoms with van der Waals surface area (Å²) < 4.78 is 0. The standard InChI is InChI=1S/C16H25N3/c1-4-5-6-10-16(3)12-18-15(17)19(16)14-9-7-8-13(2)11-14/h7-9,11H,4-6,10,12H2,1-3H3,(H2,17,18). The maximum absolute atomic E-state index is 6.12. The Hall–Kier alpha value is -1.51. The van der Waals surface area contributed by atoms with Gasteiger partial charge in [0.05, 0.1) is 12.1 Å². The van der Waals surface area contributed by atoms with Crippen molar-refractivity contribution in [2.75, 3.05) is 11.4 Å². The van der Waals surface area contributed by atoms with E-state index < -0.39 is 0 Å². The zero-order chi connectivity index (χ0) is 13.9. The minimum Gasteiger partial charge on any atom is -0.369 e. The van der Waals surface area contributed by atoms with Crippen LogP contribution in [0.3, 0.4) is 0 Å². The van der Waals surface area contributed by atoms with E-state index in [4.69, 9.17) is 5.73 Å². The Kier molecular flexibility index (Phi) is 4.13. The molecule has 19 heavy (non-hydrogen) atoms. The van der Waals surface area contributed by atoms with Crippen LogP contribution in [0.4, 0.5) is 5.69 Å². The van der Waals surface area contributed by atoms with E-state index in [2.05, 4.69) is 54.9 Å². The molecule has 1 unspecified atom stereocenters. The molecule has 3 nitrogen and oxygen atoms in total. The van der Waals surface area contributed by atoms with Crippen molar-refractivity contribution in [2.24, 2.45) is 10.7 Å². The predicted octanol–water partition coefficient (Wildman–Crippen LogP) is 3.47. The molecule has 0 amide bonds. The number of unbranched alkanes of at least 4 members (excludes halogenated alkanes) is 2. The van der Waals surface area contributed by atoms with Gasteiger partial charge < -0.3 is 10.6 Å². The highest BCUT2D eigenvalue weighted by molar-refractivity contribution is 5.98. The summed E-state index contributed by atoms with van der Waals surface area (Å²) in [6.45, 7) is 7.42. The zero-order valence-corrected chi connectivity index (χ0v) is 12.3. The van der Waals surface area contributed by atoms with E-state index in [1.807, 2.05) is 0 Å². The summed E-state index contributed by atoms with van der Waals surface area (Å²) in [5, 5.41) is 0. The van der Waals surface area contributed by atoms with Crippen molar-refractivity contribution in [3.8, 4) is 0 Å². The minimum atomic E-state index is 0.0348. The second kappa shape index (κ2) is 5.64. The van der Waals surface area contributed by atoms with E-state index >= 15 is 0 Å². The molecule has 0 radical (unpaired) electrons. The molecule has 0 aliphatic carbocycles. The largest absolute Gasteiger partial charge is 0.369 e. The van der Waals surface area contributed by atoms with Crippen LogP contribution < -0.4 is 10.6 Å². The molecule has 0 spiro atoms. The summed E-state index contributed by atoms with van der Waals surface area (Å²) in [6, 6.07) is 8.51. The Morgan fingerprint density at radius 2 is 2.16 bits per heavy atom. The van der Waals surface area contributed by atoms with E-state index in [0.717, 1.165) is 18.7 Å². The van der Waals surface area contributed by atoms with Gasteiger partial charge in [-0.3, -0.25) is 4.99 Å². The van der Waals surface area contributed by atoms with Crippen LogP contribution in [0.15, 0.2) is 29.3 Å². The second-order valence-corrected chi connectivity index (χ2v) is 5.80. The molecule has 2 N–H and O–H groups in total. The fraction of sp³-hybridized carbons (Fsp3) is 0.562. The monoisotopic (exact) mass is 259 g/mol. The third-order valence-corrected chi connectivity index (χ3v) is 3.93. The Balaban J connectivity index is 2.21. The van der Waals surface area contributed by atoms with Gasteiger partial charge in [0.25, 0.3) is 0 Å². The molecule has 0 bridgehead atoms. The molecule has 3 heteroatoms. The average molecular weight is 259 g/mol. The maximum atomic E-state index is 6.12. The Labute approximate surface area is 116 Å². The summed E-state index contributed by atoms with van der Waals surface area (Å²) in [6.07, 6.45) is 4.89. The SMILES string of the molecule is CCCCCC1(C)CN=C(N)N1c1cccc(C)c1. The maximum Gasteiger partial charge on any atom is 0.196 e. The quantitative estimate of drug-likeness (QED) is 0.823. The Morgan fingerprint density at radius 1 is 1.37 bits per heavy atom. The predicted molar refractivity (Wildman–Crippen MR) is 82.7 cm³/mol. The molecule has 0 saturated carbocycles. The zero-order valence-electron chi connectivity index (χ0n) is 12.3. The number of anilines is 1. The molecular weight excluding hydrogens is 234 g/mol. The van der Waals surface area contributed by atoms with Crippen molar-refractivity contribution in [3.05, 3.63) is 29.8 Å². The molecule has 1 aliphatic heterocycles. The first-order valence-corrected chi connectivity index (χ1v) is 7.23. The molecule has 1 aliphatic rings. The van der Waals surface area contributed by atoms with Crippen molar-refractivity contribution in [3.63, 3.8) is 0 Å². The topological polar surface area (TPSA) is 41.6 Å². The molecule has 1 aromatic rings. The van der Waals surface area contributed by atoms with Crippen molar-refractivity contribution in [2.45, 2.75) is 52.0 Å². The molecule has 0 saturated heterocycles. The van der Waals surface area contributed by atoms with Gasteiger partial charge in [0.2, 0.25) is 0 Å². The highest BCUT2D eigenvalue weighted by Crippen LogP contribution is 2.32. The number of aliphatic imine (C=N–C) groups is 1. The van der Waals surface area contributed by atoms with Gasteiger partial charge >= 0.3 is 0 Å². The lowest BCUT2D eigenvalue weighted by Crippen LogP contribution is -2.50. The lowest BCUT2D eigenvalue weighted by atomic mass is 9.92. The van der Waals surface area contributed by atoms with Crippen LogP contribution in [-0.4, -0.2) is 18.0 Å². The first-order valence-electron chi connectivity index (χ1n) is 7.23. The van der Waals surface area contributed by atoms with Crippen LogP contribution in [-0.2, 0) is 0 Å². The third kappa shape index (κ3) is 2.91. The molecule has 1 heterocycles. The summed E-state index contributed by atoms with van der Waals surface area (Å²) in [7, 11) is 0. The van der Waals surface area contributed by atoms with E-state index in [-0.39, 0.29) is 5.54 Å². The number of hydrogen-bond donors (Lipinski definition) is 1. The number of guanidine groups is 1. The molecule has 104 valence electrons. The number of hydrogen-bond acceptors (Lipinski definition) is 3. The van der Waals surface area contributed by atoms with Gasteiger partial charge in [-0.05, 0) is 38.0 Å². The van der Waals surface area contributed by atoms with Gasteiger partial charge in [-0.1, -0.05) is 38.3 Å². The lowest BCUT2D eigenvalue weighted by molar-refractivity contribution is 0.438. The van der Waals surface area contributed by atoms with Crippen LogP contribution in [0, 0.1) is 6.92 Å². The summed E-state index contributed by atoms with van der Waals surface area (Å²) in [4.78, 5) is 6.69. The third-order valence-electron chi connectivity index (χ3n) is 3.93. The van der Waals surface area contributed by atoms with Crippen molar-refractivity contribution in [1.29, 1.82) is 0 Å². The van der Waals surface area contributed by atoms with Gasteiger partial charge in [-0.25, -0.2) is 0 Å². The summed E-state index contributed by atoms with van der Waals surface area (Å²) in [5.41, 5.74) is 8.57. The highest BCUT2D eigenvalue weighted by atomic mass is 15.4. The average Bonchev–Trinajstić information content (AvgIpc) is 2.66. The first kappa shape index (κ1) is 13.9. The van der Waals surface area contributed by atoms with Crippen molar-refractivity contribution < 1.29 is 0 Å². The number of nitrogens with zero attached hydrogens (tertiary/aromatic N) is 2. The van der Waals surface area contributed by atoms with E-state index in [1.54, 1.807) is 0 Å². The number of aryl methyl sites for hydroxylation is 1. The molecule has 1 atom stereocenters. The molecule has 1 aromatic carbocycles. The lowest BCUT2D eigenvalue weighted by Gasteiger charge is -2.36. The van der Waals surface area contributed by atoms with Crippen molar-refractivity contribution >= 4 is 11.6 Å². The normalized spacial score (nSPS) is 22.7. The van der Waals surface area contributed by atoms with Gasteiger partial charge in [0.15, 0.2) is 5.96 Å². The van der Waals surface area contributed by atoms with Crippen LogP contribution in [0.5, 0.6) is 0 Å². The van der Waals surface area contributed by atoms with E-state index in [1.165, 1.54) is 24.8 Å². The van der Waals surface area contributed by atoms with Gasteiger partial charge in [-0.15, -0.1) is 0 Å². The van der Waals surface area contributed by atoms with E-state index in [9.17, 15) is 0 Å². The summed E-state index contributed by atoms with van der Waals surface area (Å²) in [5.74, 6) is 0.657. The van der Waals surface area contributed by atoms with E-state index in [0.29, 0.717) is 5.96 Å². The van der Waals surface area contributed by atoms with Gasteiger partial charge in [0.1, 0.15) is 0 Å². The first-order chi connectivity index (χ1) is 9.07. The fourth-order valence-electron chi connectivity index (χ4n) is 2.83. The molecule has 0 aromatic heterocycles. The number of benzene rings is 1. The molecule has 0 fully saturated rings. The van der Waals surface area contributed by atoms with Crippen LogP contribution in [0.25, 0.3) is 0 Å².